The van der Waals surface area contributed by atoms with Gasteiger partial charge in [0.25, 0.3) is 0 Å². The highest BCUT2D eigenvalue weighted by Gasteiger charge is 2.08. The van der Waals surface area contributed by atoms with Crippen LogP contribution in [0, 0.1) is 13.8 Å². The van der Waals surface area contributed by atoms with Crippen molar-refractivity contribution in [2.45, 2.75) is 82.1 Å². The molecule has 0 spiro atoms. The third kappa shape index (κ3) is 7.25. The van der Waals surface area contributed by atoms with Crippen molar-refractivity contribution in [2.75, 3.05) is 0 Å². The summed E-state index contributed by atoms with van der Waals surface area (Å²) in [4.78, 5) is 0. The Morgan fingerprint density at radius 1 is 0.789 bits per heavy atom. The van der Waals surface area contributed by atoms with Gasteiger partial charge >= 0.3 is 0 Å². The second-order valence-electron chi connectivity index (χ2n) is 3.49. The average molecular weight is 268 g/mol. The largest absolute Gasteiger partial charge is 0.508 e. The van der Waals surface area contributed by atoms with Crippen molar-refractivity contribution in [3.8, 4) is 5.75 Å². The Balaban J connectivity index is -0.000000375. The van der Waals surface area contributed by atoms with Crippen molar-refractivity contribution in [2.24, 2.45) is 0 Å². The van der Waals surface area contributed by atoms with Crippen LogP contribution < -0.4 is 0 Å². The van der Waals surface area contributed by atoms with Gasteiger partial charge in [-0.25, -0.2) is 0 Å². The lowest BCUT2D eigenvalue weighted by Crippen LogP contribution is -1.96. The number of phenols is 1. The van der Waals surface area contributed by atoms with Crippen LogP contribution in [0.15, 0.2) is 6.07 Å². The van der Waals surface area contributed by atoms with Crippen LogP contribution in [0.2, 0.25) is 0 Å². The Labute approximate surface area is 122 Å². The minimum Gasteiger partial charge on any atom is -0.508 e. The first-order chi connectivity index (χ1) is 9.11. The third-order valence-electron chi connectivity index (χ3n) is 2.85. The van der Waals surface area contributed by atoms with Crippen molar-refractivity contribution in [3.05, 3.63) is 28.3 Å². The Morgan fingerprint density at radius 2 is 1.21 bits per heavy atom. The Kier molecular flexibility index (Phi) is 18.4. The van der Waals surface area contributed by atoms with E-state index in [-0.39, 0.29) is 0 Å². The van der Waals surface area contributed by atoms with E-state index in [4.69, 9.17) is 0 Å². The number of rotatable bonds is 2. The fraction of sp³-hybridized carbons (Fsp3) is 0.667. The lowest BCUT2D eigenvalue weighted by Gasteiger charge is -2.13. The van der Waals surface area contributed by atoms with Gasteiger partial charge in [-0.05, 0) is 55.0 Å². The molecule has 0 aliphatic heterocycles. The molecule has 0 amide bonds. The minimum absolute atomic E-state index is 0.461. The lowest BCUT2D eigenvalue weighted by molar-refractivity contribution is 0.467. The molecule has 0 atom stereocenters. The van der Waals surface area contributed by atoms with Crippen LogP contribution in [0.25, 0.3) is 0 Å². The van der Waals surface area contributed by atoms with E-state index in [9.17, 15) is 5.11 Å². The van der Waals surface area contributed by atoms with Crippen LogP contribution in [0.1, 0.15) is 77.6 Å². The van der Waals surface area contributed by atoms with E-state index in [0.29, 0.717) is 5.75 Å². The van der Waals surface area contributed by atoms with Gasteiger partial charge in [0.05, 0.1) is 0 Å². The fourth-order valence-corrected chi connectivity index (χ4v) is 1.83. The van der Waals surface area contributed by atoms with E-state index in [1.807, 2.05) is 47.6 Å². The maximum atomic E-state index is 9.73. The van der Waals surface area contributed by atoms with Gasteiger partial charge in [0.15, 0.2) is 0 Å². The molecule has 0 heterocycles. The molecule has 0 aliphatic rings. The summed E-state index contributed by atoms with van der Waals surface area (Å²) < 4.78 is 0. The van der Waals surface area contributed by atoms with Gasteiger partial charge < -0.3 is 5.11 Å². The molecule has 114 valence electrons. The van der Waals surface area contributed by atoms with Crippen molar-refractivity contribution < 1.29 is 5.11 Å². The first kappa shape index (κ1) is 23.1. The van der Waals surface area contributed by atoms with Gasteiger partial charge in [0.2, 0.25) is 0 Å². The van der Waals surface area contributed by atoms with Crippen LogP contribution in [0.5, 0.6) is 5.75 Å². The first-order valence-electron chi connectivity index (χ1n) is 7.92. The number of aromatic hydroxyl groups is 1. The topological polar surface area (TPSA) is 20.2 Å². The van der Waals surface area contributed by atoms with Gasteiger partial charge in [-0.15, -0.1) is 0 Å². The molecule has 1 rings (SSSR count). The summed E-state index contributed by atoms with van der Waals surface area (Å²) in [5.41, 5.74) is 4.93. The average Bonchev–Trinajstić information content (AvgIpc) is 2.49. The fourth-order valence-electron chi connectivity index (χ4n) is 1.83. The summed E-state index contributed by atoms with van der Waals surface area (Å²) in [5, 5.41) is 9.73. The van der Waals surface area contributed by atoms with Crippen molar-refractivity contribution >= 4 is 0 Å². The Bertz CT molecular complexity index is 314. The number of hydrogen-bond donors (Lipinski definition) is 1. The molecule has 0 saturated carbocycles. The molecule has 1 N–H and O–H groups in total. The summed E-state index contributed by atoms with van der Waals surface area (Å²) in [7, 11) is 0. The highest BCUT2D eigenvalue weighted by molar-refractivity contribution is 5.47. The van der Waals surface area contributed by atoms with Gasteiger partial charge in [0, 0.05) is 0 Å². The number of aryl methyl sites for hydroxylation is 1. The SMILES string of the molecule is CC.CC.CC.CCc1cc(O)c(CC)c(C)c1C. The van der Waals surface area contributed by atoms with Crippen LogP contribution in [-0.4, -0.2) is 5.11 Å². The van der Waals surface area contributed by atoms with Crippen LogP contribution in [-0.2, 0) is 12.8 Å². The lowest BCUT2D eigenvalue weighted by atomic mass is 9.94. The smallest absolute Gasteiger partial charge is 0.119 e. The predicted molar refractivity (Wildman–Crippen MR) is 90.4 cm³/mol. The van der Waals surface area contributed by atoms with E-state index in [1.54, 1.807) is 0 Å². The molecule has 1 heteroatoms. The van der Waals surface area contributed by atoms with Gasteiger partial charge in [0.1, 0.15) is 5.75 Å². The number of benzene rings is 1. The maximum absolute atomic E-state index is 9.73. The second kappa shape index (κ2) is 15.1. The predicted octanol–water partition coefficient (Wildman–Crippen LogP) is 6.21. The maximum Gasteiger partial charge on any atom is 0.119 e. The molecule has 1 aromatic rings. The van der Waals surface area contributed by atoms with E-state index in [1.165, 1.54) is 16.7 Å². The summed E-state index contributed by atoms with van der Waals surface area (Å²) in [6, 6.07) is 1.90. The molecule has 1 aromatic carbocycles. The van der Waals surface area contributed by atoms with Crippen molar-refractivity contribution in [1.82, 2.24) is 0 Å². The monoisotopic (exact) mass is 268 g/mol. The summed E-state index contributed by atoms with van der Waals surface area (Å²) in [6.45, 7) is 20.4. The van der Waals surface area contributed by atoms with E-state index < -0.39 is 0 Å². The normalized spacial score (nSPS) is 8.11. The van der Waals surface area contributed by atoms with E-state index >= 15 is 0 Å². The molecule has 0 aromatic heterocycles. The van der Waals surface area contributed by atoms with Gasteiger partial charge in [-0.3, -0.25) is 0 Å². The van der Waals surface area contributed by atoms with E-state index in [0.717, 1.165) is 18.4 Å². The molecule has 0 unspecified atom stereocenters. The van der Waals surface area contributed by atoms with Crippen molar-refractivity contribution in [1.29, 1.82) is 0 Å². The molecule has 0 fully saturated rings. The van der Waals surface area contributed by atoms with Crippen molar-refractivity contribution in [3.63, 3.8) is 0 Å². The van der Waals surface area contributed by atoms with Crippen LogP contribution >= 0.6 is 0 Å². The second-order valence-corrected chi connectivity index (χ2v) is 3.49. The van der Waals surface area contributed by atoms with Crippen LogP contribution in [0.3, 0.4) is 0 Å². The zero-order valence-corrected chi connectivity index (χ0v) is 14.9. The summed E-state index contributed by atoms with van der Waals surface area (Å²) >= 11 is 0. The zero-order valence-electron chi connectivity index (χ0n) is 14.9. The minimum atomic E-state index is 0.461. The highest BCUT2D eigenvalue weighted by atomic mass is 16.3. The zero-order chi connectivity index (χ0) is 16.0. The quantitative estimate of drug-likeness (QED) is 0.675. The third-order valence-corrected chi connectivity index (χ3v) is 2.85. The van der Waals surface area contributed by atoms with Crippen LogP contribution in [0.4, 0.5) is 0 Å². The molecule has 0 saturated heterocycles. The number of phenolic OH excluding ortho intramolecular Hbond substituents is 1. The molecule has 1 nitrogen and oxygen atoms in total. The highest BCUT2D eigenvalue weighted by Crippen LogP contribution is 2.27. The molecular formula is C18H36O. The summed E-state index contributed by atoms with van der Waals surface area (Å²) in [6.07, 6.45) is 1.90. The number of hydrogen-bond acceptors (Lipinski definition) is 1. The molecule has 19 heavy (non-hydrogen) atoms. The summed E-state index contributed by atoms with van der Waals surface area (Å²) in [5.74, 6) is 0.461. The Morgan fingerprint density at radius 3 is 1.53 bits per heavy atom. The molecule has 0 radical (unpaired) electrons. The molecule has 0 bridgehead atoms. The standard InChI is InChI=1S/C12H18O.3C2H6/c1-5-10-7-12(13)11(6-2)9(4)8(10)3;3*1-2/h7,13H,5-6H2,1-4H3;3*1-2H3. The van der Waals surface area contributed by atoms with Gasteiger partial charge in [-0.2, -0.15) is 0 Å². The van der Waals surface area contributed by atoms with E-state index in [2.05, 4.69) is 27.7 Å². The molecular weight excluding hydrogens is 232 g/mol. The van der Waals surface area contributed by atoms with Gasteiger partial charge in [-0.1, -0.05) is 55.4 Å². The first-order valence-corrected chi connectivity index (χ1v) is 7.92. The Hall–Kier alpha value is -0.980. The molecule has 0 aliphatic carbocycles.